The third-order valence-electron chi connectivity index (χ3n) is 5.03. The molecule has 0 saturated heterocycles. The van der Waals surface area contributed by atoms with Gasteiger partial charge in [0.05, 0.1) is 11.5 Å². The lowest BCUT2D eigenvalue weighted by molar-refractivity contribution is -0.157. The first kappa shape index (κ1) is 27.7. The van der Waals surface area contributed by atoms with Crippen LogP contribution in [-0.4, -0.2) is 24.1 Å². The molecule has 174 valence electrons. The highest BCUT2D eigenvalue weighted by Gasteiger charge is 2.31. The van der Waals surface area contributed by atoms with Crippen LogP contribution in [-0.2, 0) is 16.0 Å². The molecule has 0 unspecified atom stereocenters. The Labute approximate surface area is 198 Å². The van der Waals surface area contributed by atoms with Crippen molar-refractivity contribution in [2.75, 3.05) is 6.26 Å². The highest BCUT2D eigenvalue weighted by atomic mass is 32.2. The van der Waals surface area contributed by atoms with Crippen molar-refractivity contribution in [3.8, 4) is 0 Å². The van der Waals surface area contributed by atoms with E-state index in [2.05, 4.69) is 12.1 Å². The van der Waals surface area contributed by atoms with Crippen LogP contribution in [0.2, 0.25) is 0 Å². The minimum absolute atomic E-state index is 0.0143. The standard InChI is InChI=1S/C26H32O3S.C2H6/c1-17(2)29-25(28)26(5,6)16-23-18(3)14-20(15-19(23)4)8-13-24(27)21-9-11-22(30-7)12-10-21;1-2/h8-15,17H,16H2,1-7H3;1-2H3/b13-8+;. The van der Waals surface area contributed by atoms with Gasteiger partial charge < -0.3 is 4.74 Å². The molecule has 0 saturated carbocycles. The summed E-state index contributed by atoms with van der Waals surface area (Å²) in [5.74, 6) is -0.196. The van der Waals surface area contributed by atoms with Crippen LogP contribution in [0.15, 0.2) is 47.4 Å². The summed E-state index contributed by atoms with van der Waals surface area (Å²) < 4.78 is 5.42. The summed E-state index contributed by atoms with van der Waals surface area (Å²) >= 11 is 1.65. The first-order valence-corrected chi connectivity index (χ1v) is 12.4. The molecule has 0 radical (unpaired) electrons. The van der Waals surface area contributed by atoms with Crippen molar-refractivity contribution in [3.05, 3.63) is 70.3 Å². The molecule has 0 fully saturated rings. The van der Waals surface area contributed by atoms with Crippen LogP contribution in [0, 0.1) is 19.3 Å². The number of ketones is 1. The lowest BCUT2D eigenvalue weighted by Gasteiger charge is -2.26. The lowest BCUT2D eigenvalue weighted by atomic mass is 9.82. The number of hydrogen-bond acceptors (Lipinski definition) is 4. The molecule has 32 heavy (non-hydrogen) atoms. The maximum atomic E-state index is 12.5. The highest BCUT2D eigenvalue weighted by molar-refractivity contribution is 7.98. The van der Waals surface area contributed by atoms with Gasteiger partial charge in [-0.05, 0) is 107 Å². The fraction of sp³-hybridized carbons (Fsp3) is 0.429. The first-order chi connectivity index (χ1) is 15.0. The van der Waals surface area contributed by atoms with Gasteiger partial charge in [0.15, 0.2) is 5.78 Å². The van der Waals surface area contributed by atoms with Crippen LogP contribution >= 0.6 is 11.8 Å². The summed E-state index contributed by atoms with van der Waals surface area (Å²) in [6.07, 6.45) is 5.97. The predicted octanol–water partition coefficient (Wildman–Crippen LogP) is 7.47. The number of hydrogen-bond donors (Lipinski definition) is 0. The van der Waals surface area contributed by atoms with E-state index in [1.165, 1.54) is 0 Å². The minimum Gasteiger partial charge on any atom is -0.463 e. The predicted molar refractivity (Wildman–Crippen MR) is 138 cm³/mol. The third kappa shape index (κ3) is 7.98. The molecule has 0 aliphatic rings. The normalized spacial score (nSPS) is 11.3. The van der Waals surface area contributed by atoms with Gasteiger partial charge in [-0.15, -0.1) is 11.8 Å². The average molecular weight is 455 g/mol. The molecule has 0 bridgehead atoms. The van der Waals surface area contributed by atoms with Crippen molar-refractivity contribution in [2.24, 2.45) is 5.41 Å². The largest absolute Gasteiger partial charge is 0.463 e. The van der Waals surface area contributed by atoms with Gasteiger partial charge in [0, 0.05) is 10.5 Å². The number of carbonyl (C=O) groups excluding carboxylic acids is 2. The quantitative estimate of drug-likeness (QED) is 0.180. The summed E-state index contributed by atoms with van der Waals surface area (Å²) in [4.78, 5) is 26.0. The third-order valence-corrected chi connectivity index (χ3v) is 5.78. The fourth-order valence-corrected chi connectivity index (χ4v) is 3.72. The smallest absolute Gasteiger partial charge is 0.312 e. The monoisotopic (exact) mass is 454 g/mol. The van der Waals surface area contributed by atoms with Crippen molar-refractivity contribution < 1.29 is 14.3 Å². The first-order valence-electron chi connectivity index (χ1n) is 11.2. The van der Waals surface area contributed by atoms with Gasteiger partial charge in [0.25, 0.3) is 0 Å². The molecule has 0 spiro atoms. The molecule has 0 aliphatic heterocycles. The summed E-state index contributed by atoms with van der Waals surface area (Å²) in [6, 6.07) is 11.8. The highest BCUT2D eigenvalue weighted by Crippen LogP contribution is 2.29. The van der Waals surface area contributed by atoms with E-state index in [0.717, 1.165) is 27.1 Å². The summed E-state index contributed by atoms with van der Waals surface area (Å²) in [7, 11) is 0. The van der Waals surface area contributed by atoms with Crippen molar-refractivity contribution >= 4 is 29.6 Å². The molecular weight excluding hydrogens is 416 g/mol. The van der Waals surface area contributed by atoms with E-state index in [4.69, 9.17) is 4.74 Å². The molecule has 0 aromatic heterocycles. The van der Waals surface area contributed by atoms with E-state index in [9.17, 15) is 9.59 Å². The Bertz CT molecular complexity index is 915. The van der Waals surface area contributed by atoms with Crippen LogP contribution in [0.4, 0.5) is 0 Å². The fourth-order valence-electron chi connectivity index (χ4n) is 3.31. The molecule has 3 nitrogen and oxygen atoms in total. The van der Waals surface area contributed by atoms with E-state index >= 15 is 0 Å². The van der Waals surface area contributed by atoms with Crippen molar-refractivity contribution in [2.45, 2.75) is 72.8 Å². The van der Waals surface area contributed by atoms with Crippen LogP contribution in [0.1, 0.15) is 74.2 Å². The van der Waals surface area contributed by atoms with E-state index in [-0.39, 0.29) is 17.9 Å². The maximum absolute atomic E-state index is 12.5. The van der Waals surface area contributed by atoms with Gasteiger partial charge in [-0.3, -0.25) is 9.59 Å². The molecule has 0 aliphatic carbocycles. The van der Waals surface area contributed by atoms with E-state index in [1.54, 1.807) is 17.8 Å². The average Bonchev–Trinajstić information content (AvgIpc) is 2.75. The topological polar surface area (TPSA) is 43.4 Å². The number of carbonyl (C=O) groups is 2. The molecule has 2 rings (SSSR count). The molecule has 2 aromatic rings. The number of ether oxygens (including phenoxy) is 1. The number of rotatable bonds is 8. The van der Waals surface area contributed by atoms with Crippen LogP contribution in [0.3, 0.4) is 0 Å². The number of aryl methyl sites for hydroxylation is 2. The SMILES string of the molecule is CC.CSc1ccc(C(=O)/C=C/c2cc(C)c(CC(C)(C)C(=O)OC(C)C)c(C)c2)cc1. The Morgan fingerprint density at radius 2 is 1.56 bits per heavy atom. The van der Waals surface area contributed by atoms with Gasteiger partial charge in [-0.2, -0.15) is 0 Å². The Hall–Kier alpha value is -2.33. The number of thioether (sulfide) groups is 1. The summed E-state index contributed by atoms with van der Waals surface area (Å²) in [5.41, 5.74) is 4.42. The molecule has 0 atom stereocenters. The minimum atomic E-state index is -0.601. The Kier molecular flexibility index (Phi) is 10.9. The molecule has 0 heterocycles. The Morgan fingerprint density at radius 1 is 1.03 bits per heavy atom. The molecule has 2 aromatic carbocycles. The second-order valence-corrected chi connectivity index (χ2v) is 9.45. The van der Waals surface area contributed by atoms with E-state index in [0.29, 0.717) is 12.0 Å². The van der Waals surface area contributed by atoms with Crippen LogP contribution in [0.5, 0.6) is 0 Å². The van der Waals surface area contributed by atoms with Crippen LogP contribution < -0.4 is 0 Å². The molecule has 0 N–H and O–H groups in total. The second kappa shape index (κ2) is 12.6. The van der Waals surface area contributed by atoms with E-state index in [1.807, 2.05) is 92.0 Å². The number of allylic oxidation sites excluding steroid dienone is 1. The van der Waals surface area contributed by atoms with Gasteiger partial charge in [-0.25, -0.2) is 0 Å². The molecule has 4 heteroatoms. The van der Waals surface area contributed by atoms with Crippen LogP contribution in [0.25, 0.3) is 6.08 Å². The zero-order chi connectivity index (χ0) is 24.5. The summed E-state index contributed by atoms with van der Waals surface area (Å²) in [5, 5.41) is 0. The second-order valence-electron chi connectivity index (χ2n) is 8.57. The Morgan fingerprint density at radius 3 is 2.03 bits per heavy atom. The Balaban J connectivity index is 0.00000249. The zero-order valence-corrected chi connectivity index (χ0v) is 21.9. The van der Waals surface area contributed by atoms with Gasteiger partial charge in [0.2, 0.25) is 0 Å². The van der Waals surface area contributed by atoms with Crippen molar-refractivity contribution in [1.29, 1.82) is 0 Å². The van der Waals surface area contributed by atoms with Gasteiger partial charge in [0.1, 0.15) is 0 Å². The van der Waals surface area contributed by atoms with Gasteiger partial charge in [-0.1, -0.05) is 32.1 Å². The molecule has 0 amide bonds. The van der Waals surface area contributed by atoms with Gasteiger partial charge >= 0.3 is 5.97 Å². The number of benzene rings is 2. The lowest BCUT2D eigenvalue weighted by Crippen LogP contribution is -2.31. The zero-order valence-electron chi connectivity index (χ0n) is 21.0. The maximum Gasteiger partial charge on any atom is 0.312 e. The number of esters is 1. The van der Waals surface area contributed by atoms with Crippen molar-refractivity contribution in [1.82, 2.24) is 0 Å². The summed E-state index contributed by atoms with van der Waals surface area (Å²) in [6.45, 7) is 15.7. The van der Waals surface area contributed by atoms with E-state index < -0.39 is 5.41 Å². The molecular formula is C28H38O3S. The van der Waals surface area contributed by atoms with Crippen molar-refractivity contribution in [3.63, 3.8) is 0 Å².